The van der Waals surface area contributed by atoms with Gasteiger partial charge in [-0.2, -0.15) is 5.26 Å². The maximum absolute atomic E-state index is 12.3. The Morgan fingerprint density at radius 2 is 2.04 bits per heavy atom. The van der Waals surface area contributed by atoms with E-state index in [1.165, 1.54) is 25.4 Å². The van der Waals surface area contributed by atoms with E-state index in [1.807, 2.05) is 0 Å². The zero-order valence-electron chi connectivity index (χ0n) is 13.5. The Morgan fingerprint density at radius 3 is 2.69 bits per heavy atom. The van der Waals surface area contributed by atoms with Crippen molar-refractivity contribution in [2.24, 2.45) is 0 Å². The van der Waals surface area contributed by atoms with Crippen molar-refractivity contribution in [1.29, 1.82) is 5.26 Å². The van der Waals surface area contributed by atoms with Crippen LogP contribution in [0.5, 0.6) is 5.75 Å². The number of nitrogens with one attached hydrogen (secondary N) is 2. The van der Waals surface area contributed by atoms with E-state index < -0.39 is 10.8 Å². The third kappa shape index (κ3) is 4.49. The largest absolute Gasteiger partial charge is 0.495 e. The van der Waals surface area contributed by atoms with Gasteiger partial charge in [-0.25, -0.2) is 0 Å². The molecule has 0 aliphatic heterocycles. The number of hydrogen-bond acceptors (Lipinski definition) is 6. The van der Waals surface area contributed by atoms with Crippen LogP contribution in [-0.4, -0.2) is 17.9 Å². The van der Waals surface area contributed by atoms with Gasteiger partial charge in [0.15, 0.2) is 0 Å². The van der Waals surface area contributed by atoms with Crippen LogP contribution in [0.3, 0.4) is 0 Å². The van der Waals surface area contributed by atoms with Crippen LogP contribution in [0.15, 0.2) is 54.2 Å². The molecule has 2 aromatic carbocycles. The average molecular weight is 373 g/mol. The number of nitriles is 1. The molecule has 1 amide bonds. The number of benzene rings is 2. The second-order valence-electron chi connectivity index (χ2n) is 4.89. The molecule has 0 spiro atoms. The number of carbonyl (C=O) groups excluding carboxylic acids is 1. The van der Waals surface area contributed by atoms with Gasteiger partial charge in [-0.1, -0.05) is 23.7 Å². The Kier molecular flexibility index (Phi) is 6.14. The number of amides is 1. The van der Waals surface area contributed by atoms with Gasteiger partial charge in [0.05, 0.1) is 28.4 Å². The first-order valence-electron chi connectivity index (χ1n) is 7.21. The topological polar surface area (TPSA) is 117 Å². The Hall–Kier alpha value is -3.57. The minimum absolute atomic E-state index is 0.0318. The molecule has 0 saturated heterocycles. The lowest BCUT2D eigenvalue weighted by Crippen LogP contribution is -2.15. The van der Waals surface area contributed by atoms with Crippen LogP contribution in [0.1, 0.15) is 0 Å². The SMILES string of the molecule is COc1ccccc1N/C=C(/C#N)C(=O)Nc1cc([N+](=O)[O-])ccc1Cl. The number of rotatable bonds is 6. The number of nitro groups is 1. The highest BCUT2D eigenvalue weighted by molar-refractivity contribution is 6.34. The second kappa shape index (κ2) is 8.50. The summed E-state index contributed by atoms with van der Waals surface area (Å²) in [6.07, 6.45) is 1.21. The molecule has 0 heterocycles. The molecule has 2 rings (SSSR count). The quantitative estimate of drug-likeness (QED) is 0.345. The van der Waals surface area contributed by atoms with Crippen LogP contribution >= 0.6 is 11.6 Å². The molecule has 2 N–H and O–H groups in total. The Morgan fingerprint density at radius 1 is 1.31 bits per heavy atom. The first-order valence-corrected chi connectivity index (χ1v) is 7.59. The molecule has 0 saturated carbocycles. The molecule has 0 fully saturated rings. The van der Waals surface area contributed by atoms with Crippen LogP contribution < -0.4 is 15.4 Å². The maximum atomic E-state index is 12.3. The number of para-hydroxylation sites is 2. The summed E-state index contributed by atoms with van der Waals surface area (Å²) >= 11 is 5.93. The van der Waals surface area contributed by atoms with E-state index in [0.717, 1.165) is 6.07 Å². The second-order valence-corrected chi connectivity index (χ2v) is 5.30. The van der Waals surface area contributed by atoms with Crippen LogP contribution in [0.4, 0.5) is 17.1 Å². The number of anilines is 2. The number of methoxy groups -OCH3 is 1. The number of carbonyl (C=O) groups is 1. The summed E-state index contributed by atoms with van der Waals surface area (Å²) < 4.78 is 5.16. The molecule has 0 aromatic heterocycles. The molecule has 9 heteroatoms. The first kappa shape index (κ1) is 18.8. The van der Waals surface area contributed by atoms with E-state index in [2.05, 4.69) is 10.6 Å². The Labute approximate surface area is 153 Å². The van der Waals surface area contributed by atoms with Gasteiger partial charge in [-0.05, 0) is 18.2 Å². The zero-order valence-corrected chi connectivity index (χ0v) is 14.3. The van der Waals surface area contributed by atoms with Crippen molar-refractivity contribution in [2.45, 2.75) is 0 Å². The fourth-order valence-electron chi connectivity index (χ4n) is 1.97. The highest BCUT2D eigenvalue weighted by atomic mass is 35.5. The Bertz CT molecular complexity index is 921. The van der Waals surface area contributed by atoms with Gasteiger partial charge in [-0.15, -0.1) is 0 Å². The summed E-state index contributed by atoms with van der Waals surface area (Å²) in [4.78, 5) is 22.5. The van der Waals surface area contributed by atoms with Gasteiger partial charge in [0.25, 0.3) is 11.6 Å². The molecule has 26 heavy (non-hydrogen) atoms. The summed E-state index contributed by atoms with van der Waals surface area (Å²) in [6.45, 7) is 0. The van der Waals surface area contributed by atoms with E-state index >= 15 is 0 Å². The van der Waals surface area contributed by atoms with E-state index in [-0.39, 0.29) is 22.0 Å². The third-order valence-electron chi connectivity index (χ3n) is 3.25. The van der Waals surface area contributed by atoms with Gasteiger partial charge in [0.2, 0.25) is 0 Å². The monoisotopic (exact) mass is 372 g/mol. The number of hydrogen-bond donors (Lipinski definition) is 2. The molecule has 0 bridgehead atoms. The lowest BCUT2D eigenvalue weighted by Gasteiger charge is -2.09. The van der Waals surface area contributed by atoms with Crippen molar-refractivity contribution < 1.29 is 14.5 Å². The van der Waals surface area contributed by atoms with Crippen LogP contribution in [0.25, 0.3) is 0 Å². The lowest BCUT2D eigenvalue weighted by atomic mass is 10.2. The van der Waals surface area contributed by atoms with E-state index in [9.17, 15) is 20.2 Å². The first-order chi connectivity index (χ1) is 12.5. The van der Waals surface area contributed by atoms with E-state index in [0.29, 0.717) is 11.4 Å². The third-order valence-corrected chi connectivity index (χ3v) is 3.58. The summed E-state index contributed by atoms with van der Waals surface area (Å²) in [7, 11) is 1.49. The normalized spacial score (nSPS) is 10.6. The van der Waals surface area contributed by atoms with Crippen molar-refractivity contribution in [3.8, 4) is 11.8 Å². The molecule has 0 radical (unpaired) electrons. The van der Waals surface area contributed by atoms with Crippen LogP contribution in [0.2, 0.25) is 5.02 Å². The minimum Gasteiger partial charge on any atom is -0.495 e. The molecule has 8 nitrogen and oxygen atoms in total. The minimum atomic E-state index is -0.766. The fraction of sp³-hybridized carbons (Fsp3) is 0.0588. The zero-order chi connectivity index (χ0) is 19.1. The van der Waals surface area contributed by atoms with Gasteiger partial charge < -0.3 is 15.4 Å². The molecule has 0 atom stereocenters. The maximum Gasteiger partial charge on any atom is 0.271 e. The van der Waals surface area contributed by atoms with E-state index in [4.69, 9.17) is 16.3 Å². The Balaban J connectivity index is 2.20. The number of nitro benzene ring substituents is 1. The molecule has 2 aromatic rings. The molecule has 0 aliphatic carbocycles. The number of halogens is 1. The average Bonchev–Trinajstić information content (AvgIpc) is 2.64. The highest BCUT2D eigenvalue weighted by Gasteiger charge is 2.15. The predicted molar refractivity (Wildman–Crippen MR) is 97.0 cm³/mol. The fourth-order valence-corrected chi connectivity index (χ4v) is 2.14. The standard InChI is InChI=1S/C17H13ClN4O4/c1-26-16-5-3-2-4-14(16)20-10-11(9-19)17(23)21-15-8-12(22(24)25)6-7-13(15)18/h2-8,10,20H,1H3,(H,21,23)/b11-10-. The molecular formula is C17H13ClN4O4. The molecule has 132 valence electrons. The lowest BCUT2D eigenvalue weighted by molar-refractivity contribution is -0.384. The highest BCUT2D eigenvalue weighted by Crippen LogP contribution is 2.27. The molecule has 0 unspecified atom stereocenters. The summed E-state index contributed by atoms with van der Waals surface area (Å²) in [5.41, 5.74) is 0.103. The molecular weight excluding hydrogens is 360 g/mol. The smallest absolute Gasteiger partial charge is 0.271 e. The molecule has 0 aliphatic rings. The van der Waals surface area contributed by atoms with Crippen molar-refractivity contribution in [3.63, 3.8) is 0 Å². The van der Waals surface area contributed by atoms with Crippen molar-refractivity contribution in [2.75, 3.05) is 17.7 Å². The van der Waals surface area contributed by atoms with Gasteiger partial charge in [-0.3, -0.25) is 14.9 Å². The number of ether oxygens (including phenoxy) is 1. The number of non-ortho nitro benzene ring substituents is 1. The number of nitrogens with zero attached hydrogens (tertiary/aromatic N) is 2. The van der Waals surface area contributed by atoms with Gasteiger partial charge in [0, 0.05) is 18.3 Å². The summed E-state index contributed by atoms with van der Waals surface area (Å²) in [5.74, 6) is -0.236. The predicted octanol–water partition coefficient (Wildman–Crippen LogP) is 3.71. The van der Waals surface area contributed by atoms with Crippen molar-refractivity contribution >= 4 is 34.6 Å². The van der Waals surface area contributed by atoms with Gasteiger partial charge >= 0.3 is 0 Å². The van der Waals surface area contributed by atoms with Crippen molar-refractivity contribution in [3.05, 3.63) is 69.4 Å². The summed E-state index contributed by atoms with van der Waals surface area (Å²) in [5, 5.41) is 25.3. The van der Waals surface area contributed by atoms with Crippen molar-refractivity contribution in [1.82, 2.24) is 0 Å². The van der Waals surface area contributed by atoms with Crippen LogP contribution in [0, 0.1) is 21.4 Å². The van der Waals surface area contributed by atoms with Crippen LogP contribution in [-0.2, 0) is 4.79 Å². The van der Waals surface area contributed by atoms with Gasteiger partial charge in [0.1, 0.15) is 17.4 Å². The van der Waals surface area contributed by atoms with E-state index in [1.54, 1.807) is 30.3 Å². The summed E-state index contributed by atoms with van der Waals surface area (Å²) in [6, 6.07) is 12.3.